The number of imidazole rings is 1. The molecule has 0 aliphatic carbocycles. The molecule has 2 heterocycles. The fourth-order valence-corrected chi connectivity index (χ4v) is 3.58. The van der Waals surface area contributed by atoms with E-state index in [1.807, 2.05) is 7.05 Å². The third-order valence-corrected chi connectivity index (χ3v) is 4.90. The topological polar surface area (TPSA) is 93.2 Å². The number of hydrogen-bond acceptors (Lipinski definition) is 5. The summed E-state index contributed by atoms with van der Waals surface area (Å²) < 4.78 is 28.3. The van der Waals surface area contributed by atoms with Gasteiger partial charge in [-0.15, -0.1) is 0 Å². The molecule has 0 bridgehead atoms. The van der Waals surface area contributed by atoms with E-state index in [0.717, 1.165) is 19.4 Å². The van der Waals surface area contributed by atoms with Crippen molar-refractivity contribution >= 4 is 15.8 Å². The molecule has 1 aliphatic heterocycles. The third-order valence-electron chi connectivity index (χ3n) is 3.34. The minimum atomic E-state index is -3.59. The smallest absolute Gasteiger partial charge is 0.260 e. The molecule has 1 aliphatic rings. The standard InChI is InChI=1S/C10H19N5O2S/c1-14-5-3-4-8(14)6-13-18(16,17)10-9(11)12-7-15(10)2/h7-8,13H,3-6,11H2,1-2H3. The van der Waals surface area contributed by atoms with Crippen LogP contribution < -0.4 is 10.5 Å². The molecule has 0 radical (unpaired) electrons. The van der Waals surface area contributed by atoms with Gasteiger partial charge in [-0.2, -0.15) is 0 Å². The van der Waals surface area contributed by atoms with Crippen molar-refractivity contribution in [2.75, 3.05) is 25.9 Å². The number of anilines is 1. The lowest BCUT2D eigenvalue weighted by atomic mass is 10.2. The molecule has 0 aromatic carbocycles. The molecule has 0 saturated carbocycles. The van der Waals surface area contributed by atoms with Crippen LogP contribution in [-0.2, 0) is 17.1 Å². The lowest BCUT2D eigenvalue weighted by molar-refractivity contribution is 0.310. The fraction of sp³-hybridized carbons (Fsp3) is 0.700. The van der Waals surface area contributed by atoms with Crippen molar-refractivity contribution in [1.82, 2.24) is 19.2 Å². The summed E-state index contributed by atoms with van der Waals surface area (Å²) >= 11 is 0. The number of nitrogens with zero attached hydrogens (tertiary/aromatic N) is 3. The van der Waals surface area contributed by atoms with E-state index in [2.05, 4.69) is 14.6 Å². The van der Waals surface area contributed by atoms with Gasteiger partial charge in [0.25, 0.3) is 10.0 Å². The Bertz CT molecular complexity index is 505. The maximum Gasteiger partial charge on any atom is 0.260 e. The highest BCUT2D eigenvalue weighted by atomic mass is 32.2. The number of sulfonamides is 1. The molecule has 102 valence electrons. The molecule has 1 aromatic heterocycles. The highest BCUT2D eigenvalue weighted by Gasteiger charge is 2.26. The van der Waals surface area contributed by atoms with Crippen molar-refractivity contribution in [2.45, 2.75) is 23.9 Å². The molecule has 1 atom stereocenters. The van der Waals surface area contributed by atoms with Crippen molar-refractivity contribution in [1.29, 1.82) is 0 Å². The second-order valence-corrected chi connectivity index (χ2v) is 6.36. The Kier molecular flexibility index (Phi) is 3.60. The number of nitrogens with two attached hydrogens (primary N) is 1. The number of likely N-dealkylation sites (tertiary alicyclic amines) is 1. The molecular formula is C10H19N5O2S. The Morgan fingerprint density at radius 2 is 2.28 bits per heavy atom. The van der Waals surface area contributed by atoms with Crippen LogP contribution in [0.3, 0.4) is 0 Å². The van der Waals surface area contributed by atoms with E-state index in [-0.39, 0.29) is 16.9 Å². The number of likely N-dealkylation sites (N-methyl/N-ethyl adjacent to an activating group) is 1. The Hall–Kier alpha value is -1.12. The molecule has 1 unspecified atom stereocenters. The predicted molar refractivity (Wildman–Crippen MR) is 68.5 cm³/mol. The zero-order valence-corrected chi connectivity index (χ0v) is 11.4. The highest BCUT2D eigenvalue weighted by Crippen LogP contribution is 2.17. The van der Waals surface area contributed by atoms with Crippen LogP contribution in [-0.4, -0.2) is 49.0 Å². The summed E-state index contributed by atoms with van der Waals surface area (Å²) in [5, 5.41) is 0.0307. The Labute approximate surface area is 107 Å². The summed E-state index contributed by atoms with van der Waals surface area (Å²) in [6.07, 6.45) is 3.52. The minimum Gasteiger partial charge on any atom is -0.381 e. The highest BCUT2D eigenvalue weighted by molar-refractivity contribution is 7.89. The molecular weight excluding hydrogens is 254 g/mol. The van der Waals surface area contributed by atoms with Crippen LogP contribution >= 0.6 is 0 Å². The zero-order valence-electron chi connectivity index (χ0n) is 10.6. The number of aromatic nitrogens is 2. The van der Waals surface area contributed by atoms with Gasteiger partial charge in [0.05, 0.1) is 6.33 Å². The summed E-state index contributed by atoms with van der Waals surface area (Å²) in [4.78, 5) is 5.95. The third kappa shape index (κ3) is 2.50. The van der Waals surface area contributed by atoms with Gasteiger partial charge in [0.15, 0.2) is 10.8 Å². The van der Waals surface area contributed by atoms with Gasteiger partial charge in [-0.25, -0.2) is 18.1 Å². The van der Waals surface area contributed by atoms with Gasteiger partial charge in [0.2, 0.25) is 0 Å². The van der Waals surface area contributed by atoms with Crippen LogP contribution in [0.1, 0.15) is 12.8 Å². The van der Waals surface area contributed by atoms with Gasteiger partial charge in [-0.05, 0) is 26.4 Å². The van der Waals surface area contributed by atoms with Gasteiger partial charge in [0, 0.05) is 19.6 Å². The summed E-state index contributed by atoms with van der Waals surface area (Å²) in [6.45, 7) is 1.42. The van der Waals surface area contributed by atoms with E-state index in [0.29, 0.717) is 6.54 Å². The quantitative estimate of drug-likeness (QED) is 0.762. The number of nitrogen functional groups attached to an aromatic ring is 1. The first-order valence-electron chi connectivity index (χ1n) is 5.88. The van der Waals surface area contributed by atoms with Crippen molar-refractivity contribution < 1.29 is 8.42 Å². The van der Waals surface area contributed by atoms with Gasteiger partial charge >= 0.3 is 0 Å². The van der Waals surface area contributed by atoms with Crippen LogP contribution in [0, 0.1) is 0 Å². The normalized spacial score (nSPS) is 21.6. The molecule has 0 amide bonds. The van der Waals surface area contributed by atoms with Gasteiger partial charge in [0.1, 0.15) is 0 Å². The minimum absolute atomic E-state index is 0.0307. The van der Waals surface area contributed by atoms with E-state index in [4.69, 9.17) is 5.73 Å². The van der Waals surface area contributed by atoms with E-state index in [9.17, 15) is 8.42 Å². The molecule has 1 fully saturated rings. The van der Waals surface area contributed by atoms with E-state index >= 15 is 0 Å². The largest absolute Gasteiger partial charge is 0.381 e. The van der Waals surface area contributed by atoms with Crippen LogP contribution in [0.5, 0.6) is 0 Å². The monoisotopic (exact) mass is 273 g/mol. The number of aryl methyl sites for hydroxylation is 1. The van der Waals surface area contributed by atoms with E-state index in [1.54, 1.807) is 7.05 Å². The summed E-state index contributed by atoms with van der Waals surface area (Å²) in [6, 6.07) is 0.259. The molecule has 1 saturated heterocycles. The predicted octanol–water partition coefficient (Wildman–Crippen LogP) is -0.625. The Morgan fingerprint density at radius 1 is 1.56 bits per heavy atom. The number of rotatable bonds is 4. The molecule has 1 aromatic rings. The summed E-state index contributed by atoms with van der Waals surface area (Å²) in [5.74, 6) is 0.0322. The molecule has 2 rings (SSSR count). The van der Waals surface area contributed by atoms with Gasteiger partial charge in [-0.1, -0.05) is 0 Å². The lowest BCUT2D eigenvalue weighted by Gasteiger charge is -2.19. The molecule has 7 nitrogen and oxygen atoms in total. The van der Waals surface area contributed by atoms with E-state index < -0.39 is 10.0 Å². The summed E-state index contributed by atoms with van der Waals surface area (Å²) in [7, 11) is 0.0247. The maximum absolute atomic E-state index is 12.1. The fourth-order valence-electron chi connectivity index (χ4n) is 2.28. The van der Waals surface area contributed by atoms with Gasteiger partial charge < -0.3 is 15.2 Å². The van der Waals surface area contributed by atoms with Crippen molar-refractivity contribution in [3.63, 3.8) is 0 Å². The van der Waals surface area contributed by atoms with E-state index in [1.165, 1.54) is 10.9 Å². The average Bonchev–Trinajstić information content (AvgIpc) is 2.83. The second-order valence-electron chi connectivity index (χ2n) is 4.67. The van der Waals surface area contributed by atoms with Crippen molar-refractivity contribution in [2.24, 2.45) is 7.05 Å². The zero-order chi connectivity index (χ0) is 13.3. The number of hydrogen-bond donors (Lipinski definition) is 2. The van der Waals surface area contributed by atoms with Crippen LogP contribution in [0.15, 0.2) is 11.4 Å². The average molecular weight is 273 g/mol. The maximum atomic E-state index is 12.1. The summed E-state index contributed by atoms with van der Waals surface area (Å²) in [5.41, 5.74) is 5.58. The number of nitrogens with one attached hydrogen (secondary N) is 1. The molecule has 18 heavy (non-hydrogen) atoms. The molecule has 3 N–H and O–H groups in total. The van der Waals surface area contributed by atoms with Crippen molar-refractivity contribution in [3.05, 3.63) is 6.33 Å². The Balaban J connectivity index is 2.08. The molecule has 8 heteroatoms. The van der Waals surface area contributed by atoms with Crippen LogP contribution in [0.4, 0.5) is 5.82 Å². The van der Waals surface area contributed by atoms with Crippen LogP contribution in [0.2, 0.25) is 0 Å². The molecule has 0 spiro atoms. The first-order chi connectivity index (χ1) is 8.42. The lowest BCUT2D eigenvalue weighted by Crippen LogP contribution is -2.38. The second kappa shape index (κ2) is 4.87. The van der Waals surface area contributed by atoms with Gasteiger partial charge in [-0.3, -0.25) is 0 Å². The first-order valence-corrected chi connectivity index (χ1v) is 7.37. The first kappa shape index (κ1) is 13.3. The van der Waals surface area contributed by atoms with Crippen LogP contribution in [0.25, 0.3) is 0 Å². The Morgan fingerprint density at radius 3 is 2.78 bits per heavy atom. The SMILES string of the molecule is CN1CCCC1CNS(=O)(=O)c1c(N)ncn1C. The van der Waals surface area contributed by atoms with Crippen molar-refractivity contribution in [3.8, 4) is 0 Å².